The third kappa shape index (κ3) is 2.83. The largest absolute Gasteiger partial charge is 0.380 e. The maximum absolute atomic E-state index is 13.1. The van der Waals surface area contributed by atoms with E-state index in [1.165, 1.54) is 30.2 Å². The lowest BCUT2D eigenvalue weighted by Crippen LogP contribution is -2.43. The van der Waals surface area contributed by atoms with Gasteiger partial charge in [0.15, 0.2) is 0 Å². The van der Waals surface area contributed by atoms with Gasteiger partial charge in [-0.3, -0.25) is 9.59 Å². The van der Waals surface area contributed by atoms with Gasteiger partial charge in [-0.2, -0.15) is 0 Å². The average Bonchev–Trinajstić information content (AvgIpc) is 2.82. The van der Waals surface area contributed by atoms with Crippen molar-refractivity contribution in [1.29, 1.82) is 0 Å². The smallest absolute Gasteiger partial charge is 0.255 e. The summed E-state index contributed by atoms with van der Waals surface area (Å²) >= 11 is 3.15. The van der Waals surface area contributed by atoms with Crippen LogP contribution in [0.3, 0.4) is 0 Å². The van der Waals surface area contributed by atoms with Crippen molar-refractivity contribution in [2.75, 3.05) is 13.7 Å². The Labute approximate surface area is 124 Å². The molecule has 7 heteroatoms. The number of likely N-dealkylation sites (tertiary alicyclic amines) is 1. The zero-order valence-electron chi connectivity index (χ0n) is 10.8. The molecule has 1 saturated heterocycles. The highest BCUT2D eigenvalue weighted by Crippen LogP contribution is 2.26. The molecule has 0 spiro atoms. The minimum Gasteiger partial charge on any atom is -0.380 e. The van der Waals surface area contributed by atoms with E-state index in [0.717, 1.165) is 0 Å². The van der Waals surface area contributed by atoms with Gasteiger partial charge < -0.3 is 15.4 Å². The minimum absolute atomic E-state index is 0.226. The van der Waals surface area contributed by atoms with Gasteiger partial charge >= 0.3 is 0 Å². The number of benzene rings is 1. The van der Waals surface area contributed by atoms with Crippen LogP contribution in [0.15, 0.2) is 22.7 Å². The summed E-state index contributed by atoms with van der Waals surface area (Å²) in [6.45, 7) is 0.284. The minimum atomic E-state index is -0.704. The third-order valence-electron chi connectivity index (χ3n) is 3.35. The van der Waals surface area contributed by atoms with E-state index in [9.17, 15) is 14.0 Å². The van der Waals surface area contributed by atoms with Gasteiger partial charge in [0.05, 0.1) is 11.7 Å². The summed E-state index contributed by atoms with van der Waals surface area (Å²) in [4.78, 5) is 25.3. The Morgan fingerprint density at radius 2 is 2.20 bits per heavy atom. The second-order valence-corrected chi connectivity index (χ2v) is 5.45. The van der Waals surface area contributed by atoms with E-state index in [0.29, 0.717) is 10.9 Å². The van der Waals surface area contributed by atoms with Crippen LogP contribution in [-0.2, 0) is 9.53 Å². The number of methoxy groups -OCH3 is 1. The fourth-order valence-corrected chi connectivity index (χ4v) is 2.80. The molecule has 108 valence electrons. The highest BCUT2D eigenvalue weighted by atomic mass is 79.9. The highest BCUT2D eigenvalue weighted by Gasteiger charge is 2.39. The van der Waals surface area contributed by atoms with Crippen molar-refractivity contribution in [3.63, 3.8) is 0 Å². The Hall–Kier alpha value is -1.47. The van der Waals surface area contributed by atoms with Gasteiger partial charge in [0, 0.05) is 24.5 Å². The number of nitrogens with zero attached hydrogens (tertiary/aromatic N) is 1. The van der Waals surface area contributed by atoms with E-state index in [4.69, 9.17) is 10.5 Å². The Morgan fingerprint density at radius 3 is 2.75 bits per heavy atom. The average molecular weight is 345 g/mol. The van der Waals surface area contributed by atoms with Gasteiger partial charge in [0.2, 0.25) is 5.91 Å². The molecule has 1 heterocycles. The van der Waals surface area contributed by atoms with Crippen LogP contribution in [0.4, 0.5) is 4.39 Å². The van der Waals surface area contributed by atoms with Gasteiger partial charge in [0.25, 0.3) is 5.91 Å². The van der Waals surface area contributed by atoms with E-state index in [-0.39, 0.29) is 24.1 Å². The van der Waals surface area contributed by atoms with Crippen LogP contribution >= 0.6 is 15.9 Å². The molecule has 2 amide bonds. The number of ether oxygens (including phenoxy) is 1. The Kier molecular flexibility index (Phi) is 4.39. The van der Waals surface area contributed by atoms with Gasteiger partial charge in [0.1, 0.15) is 11.9 Å². The number of hydrogen-bond acceptors (Lipinski definition) is 3. The van der Waals surface area contributed by atoms with Crippen LogP contribution in [0.1, 0.15) is 16.8 Å². The summed E-state index contributed by atoms with van der Waals surface area (Å²) < 4.78 is 18.6. The van der Waals surface area contributed by atoms with Crippen LogP contribution < -0.4 is 5.73 Å². The quantitative estimate of drug-likeness (QED) is 0.898. The van der Waals surface area contributed by atoms with Crippen LogP contribution in [0.5, 0.6) is 0 Å². The molecule has 0 aliphatic carbocycles. The fraction of sp³-hybridized carbons (Fsp3) is 0.385. The predicted octanol–water partition coefficient (Wildman–Crippen LogP) is 1.30. The number of primary amides is 1. The Morgan fingerprint density at radius 1 is 1.50 bits per heavy atom. The second-order valence-electron chi connectivity index (χ2n) is 4.59. The first-order chi connectivity index (χ1) is 9.43. The number of rotatable bonds is 3. The molecular weight excluding hydrogens is 331 g/mol. The number of carbonyl (C=O) groups excluding carboxylic acids is 2. The highest BCUT2D eigenvalue weighted by molar-refractivity contribution is 9.10. The summed E-state index contributed by atoms with van der Waals surface area (Å²) in [6.07, 6.45) is 0.145. The van der Waals surface area contributed by atoms with Crippen molar-refractivity contribution in [1.82, 2.24) is 4.90 Å². The van der Waals surface area contributed by atoms with Crippen LogP contribution in [0, 0.1) is 5.82 Å². The molecule has 5 nitrogen and oxygen atoms in total. The molecule has 1 aromatic carbocycles. The van der Waals surface area contributed by atoms with Crippen molar-refractivity contribution in [3.05, 3.63) is 34.1 Å². The standard InChI is InChI=1S/C13H14BrFN2O3/c1-20-8-5-11(12(16)18)17(6-8)13(19)9-3-2-7(15)4-10(9)14/h2-4,8,11H,5-6H2,1H3,(H2,16,18)/t8-,11-/m0/s1. The summed E-state index contributed by atoms with van der Waals surface area (Å²) in [5.41, 5.74) is 5.61. The number of halogens is 2. The zero-order valence-corrected chi connectivity index (χ0v) is 12.4. The van der Waals surface area contributed by atoms with Gasteiger partial charge in [-0.05, 0) is 34.1 Å². The predicted molar refractivity (Wildman–Crippen MR) is 73.5 cm³/mol. The van der Waals surface area contributed by atoms with E-state index in [2.05, 4.69) is 15.9 Å². The lowest BCUT2D eigenvalue weighted by atomic mass is 10.1. The second kappa shape index (κ2) is 5.88. The number of carbonyl (C=O) groups is 2. The summed E-state index contributed by atoms with van der Waals surface area (Å²) in [7, 11) is 1.52. The molecule has 0 unspecified atom stereocenters. The summed E-state index contributed by atoms with van der Waals surface area (Å²) in [6, 6.07) is 3.07. The lowest BCUT2D eigenvalue weighted by molar-refractivity contribution is -0.121. The molecule has 1 aromatic rings. The first kappa shape index (κ1) is 14.9. The number of hydrogen-bond donors (Lipinski definition) is 1. The van der Waals surface area contributed by atoms with Crippen molar-refractivity contribution < 1.29 is 18.7 Å². The van der Waals surface area contributed by atoms with Crippen LogP contribution in [0.2, 0.25) is 0 Å². The molecular formula is C13H14BrFN2O3. The summed E-state index contributed by atoms with van der Waals surface area (Å²) in [5.74, 6) is -1.40. The monoisotopic (exact) mass is 344 g/mol. The molecule has 2 rings (SSSR count). The third-order valence-corrected chi connectivity index (χ3v) is 4.00. The van der Waals surface area contributed by atoms with E-state index in [1.54, 1.807) is 0 Å². The van der Waals surface area contributed by atoms with Gasteiger partial charge in [-0.15, -0.1) is 0 Å². The SMILES string of the molecule is CO[C@H]1C[C@@H](C(N)=O)N(C(=O)c2ccc(F)cc2Br)C1. The Balaban J connectivity index is 2.29. The van der Waals surface area contributed by atoms with E-state index in [1.807, 2.05) is 0 Å². The van der Waals surface area contributed by atoms with Crippen molar-refractivity contribution in [3.8, 4) is 0 Å². The van der Waals surface area contributed by atoms with Crippen molar-refractivity contribution in [2.24, 2.45) is 5.73 Å². The van der Waals surface area contributed by atoms with Crippen LogP contribution in [0.25, 0.3) is 0 Å². The first-order valence-corrected chi connectivity index (χ1v) is 6.81. The molecule has 0 aromatic heterocycles. The molecule has 1 aliphatic heterocycles. The molecule has 2 atom stereocenters. The molecule has 2 N–H and O–H groups in total. The number of amides is 2. The van der Waals surface area contributed by atoms with Crippen molar-refractivity contribution >= 4 is 27.7 Å². The molecule has 1 fully saturated rings. The molecule has 1 aliphatic rings. The lowest BCUT2D eigenvalue weighted by Gasteiger charge is -2.22. The molecule has 20 heavy (non-hydrogen) atoms. The maximum Gasteiger partial charge on any atom is 0.255 e. The maximum atomic E-state index is 13.1. The first-order valence-electron chi connectivity index (χ1n) is 6.02. The topological polar surface area (TPSA) is 72.6 Å². The van der Waals surface area contributed by atoms with E-state index >= 15 is 0 Å². The fourth-order valence-electron chi connectivity index (χ4n) is 2.28. The molecule has 0 saturated carbocycles. The number of nitrogens with two attached hydrogens (primary N) is 1. The zero-order chi connectivity index (χ0) is 14.9. The van der Waals surface area contributed by atoms with E-state index < -0.39 is 17.8 Å². The van der Waals surface area contributed by atoms with Gasteiger partial charge in [-0.25, -0.2) is 4.39 Å². The van der Waals surface area contributed by atoms with Gasteiger partial charge in [-0.1, -0.05) is 0 Å². The molecule has 0 bridgehead atoms. The Bertz CT molecular complexity index is 552. The normalized spacial score (nSPS) is 22.1. The molecule has 0 radical (unpaired) electrons. The summed E-state index contributed by atoms with van der Waals surface area (Å²) in [5, 5.41) is 0. The van der Waals surface area contributed by atoms with Crippen LogP contribution in [-0.4, -0.2) is 42.5 Å². The van der Waals surface area contributed by atoms with Crippen molar-refractivity contribution in [2.45, 2.75) is 18.6 Å².